The van der Waals surface area contributed by atoms with Crippen LogP contribution in [-0.2, 0) is 13.0 Å². The first-order valence-electron chi connectivity index (χ1n) is 10.8. The highest BCUT2D eigenvalue weighted by Crippen LogP contribution is 2.32. The Balaban J connectivity index is 1.67. The molecule has 0 aliphatic heterocycles. The Morgan fingerprint density at radius 3 is 2.56 bits per heavy atom. The maximum atomic E-state index is 14.3. The molecule has 0 spiro atoms. The minimum Gasteiger partial charge on any atom is -0.368 e. The molecule has 4 rings (SSSR count). The van der Waals surface area contributed by atoms with E-state index in [0.29, 0.717) is 18.2 Å². The maximum Gasteiger partial charge on any atom is 0.221 e. The topological polar surface area (TPSA) is 107 Å². The third-order valence-electron chi connectivity index (χ3n) is 5.59. The van der Waals surface area contributed by atoms with E-state index in [1.165, 1.54) is 18.3 Å². The van der Waals surface area contributed by atoms with Crippen LogP contribution < -0.4 is 16.4 Å². The van der Waals surface area contributed by atoms with Crippen LogP contribution in [-0.4, -0.2) is 27.0 Å². The largest absolute Gasteiger partial charge is 0.368 e. The molecule has 4 N–H and O–H groups in total. The number of hydrogen-bond donors (Lipinski definition) is 2. The minimum absolute atomic E-state index is 0.0573. The number of benzene rings is 2. The minimum atomic E-state index is -0.736. The molecule has 0 fully saturated rings. The monoisotopic (exact) mass is 461 g/mol. The van der Waals surface area contributed by atoms with E-state index in [9.17, 15) is 8.78 Å². The van der Waals surface area contributed by atoms with E-state index in [1.807, 2.05) is 12.1 Å². The molecule has 2 aromatic carbocycles. The fraction of sp³-hybridized carbons (Fsp3) is 0.200. The van der Waals surface area contributed by atoms with Crippen LogP contribution in [0.5, 0.6) is 0 Å². The van der Waals surface area contributed by atoms with Gasteiger partial charge in [0.25, 0.3) is 0 Å². The quantitative estimate of drug-likeness (QED) is 0.421. The van der Waals surface area contributed by atoms with Gasteiger partial charge in [-0.05, 0) is 41.7 Å². The van der Waals surface area contributed by atoms with Crippen molar-refractivity contribution in [1.29, 1.82) is 0 Å². The van der Waals surface area contributed by atoms with E-state index in [4.69, 9.17) is 11.5 Å². The van der Waals surface area contributed by atoms with Crippen molar-refractivity contribution in [3.05, 3.63) is 89.2 Å². The Morgan fingerprint density at radius 2 is 1.79 bits per heavy atom. The van der Waals surface area contributed by atoms with Gasteiger partial charge >= 0.3 is 0 Å². The molecule has 0 aliphatic carbocycles. The third-order valence-corrected chi connectivity index (χ3v) is 5.59. The zero-order valence-corrected chi connectivity index (χ0v) is 18.9. The normalized spacial score (nSPS) is 11.9. The Kier molecular flexibility index (Phi) is 6.74. The number of rotatable bonds is 7. The van der Waals surface area contributed by atoms with Crippen LogP contribution in [0.2, 0.25) is 0 Å². The molecule has 174 valence electrons. The van der Waals surface area contributed by atoms with E-state index in [1.54, 1.807) is 24.2 Å². The third kappa shape index (κ3) is 4.99. The van der Waals surface area contributed by atoms with Crippen molar-refractivity contribution in [2.24, 2.45) is 5.73 Å². The van der Waals surface area contributed by atoms with Gasteiger partial charge in [0.2, 0.25) is 5.95 Å². The summed E-state index contributed by atoms with van der Waals surface area (Å²) in [5, 5.41) is 0. The molecule has 0 unspecified atom stereocenters. The second kappa shape index (κ2) is 9.88. The van der Waals surface area contributed by atoms with Gasteiger partial charge in [-0.25, -0.2) is 23.7 Å². The van der Waals surface area contributed by atoms with Gasteiger partial charge in [-0.15, -0.1) is 0 Å². The second-order valence-electron chi connectivity index (χ2n) is 8.06. The molecule has 4 aromatic rings. The smallest absolute Gasteiger partial charge is 0.221 e. The van der Waals surface area contributed by atoms with Gasteiger partial charge in [0, 0.05) is 37.6 Å². The predicted octanol–water partition coefficient (Wildman–Crippen LogP) is 4.37. The molecule has 0 aliphatic rings. The first-order chi connectivity index (χ1) is 16.4. The molecule has 7 nitrogen and oxygen atoms in total. The molecule has 9 heteroatoms. The summed E-state index contributed by atoms with van der Waals surface area (Å²) in [5.74, 6) is -0.0212. The van der Waals surface area contributed by atoms with E-state index >= 15 is 0 Å². The number of nitrogens with two attached hydrogens (primary N) is 2. The molecule has 0 bridgehead atoms. The molecule has 2 aromatic heterocycles. The first-order valence-corrected chi connectivity index (χ1v) is 10.8. The summed E-state index contributed by atoms with van der Waals surface area (Å²) < 4.78 is 27.6. The molecule has 1 atom stereocenters. The summed E-state index contributed by atoms with van der Waals surface area (Å²) in [6, 6.07) is 13.1. The van der Waals surface area contributed by atoms with Crippen LogP contribution in [0.15, 0.2) is 60.9 Å². The first kappa shape index (κ1) is 23.2. The highest BCUT2D eigenvalue weighted by atomic mass is 19.1. The number of hydrogen-bond acceptors (Lipinski definition) is 7. The van der Waals surface area contributed by atoms with Crippen molar-refractivity contribution in [2.75, 3.05) is 17.7 Å². The lowest BCUT2D eigenvalue weighted by Crippen LogP contribution is -2.18. The van der Waals surface area contributed by atoms with Gasteiger partial charge in [-0.3, -0.25) is 0 Å². The van der Waals surface area contributed by atoms with Crippen molar-refractivity contribution >= 4 is 17.6 Å². The Morgan fingerprint density at radius 1 is 1.00 bits per heavy atom. The highest BCUT2D eigenvalue weighted by Gasteiger charge is 2.20. The highest BCUT2D eigenvalue weighted by molar-refractivity contribution is 5.64. The van der Waals surface area contributed by atoms with Gasteiger partial charge in [-0.2, -0.15) is 4.98 Å². The number of anilines is 3. The molecular formula is C25H25F2N7. The summed E-state index contributed by atoms with van der Waals surface area (Å²) in [6.45, 7) is 2.56. The molecular weight excluding hydrogens is 436 g/mol. The number of aromatic nitrogens is 4. The molecule has 0 radical (unpaired) electrons. The summed E-state index contributed by atoms with van der Waals surface area (Å²) in [5.41, 5.74) is 14.9. The van der Waals surface area contributed by atoms with Gasteiger partial charge in [0.1, 0.15) is 23.3 Å². The standard InChI is InChI=1S/C25H25F2N7/c1-15(10-16-4-3-5-17(11-16)13-28)20-14-31-25(29)33-24(20)34(2)22-8-9-30-23(32-22)19-7-6-18(26)12-21(19)27/h3-9,11-12,14-15H,10,13,28H2,1-2H3,(H2,29,31,33)/t15-/m0/s1. The van der Waals surface area contributed by atoms with Crippen LogP contribution in [0, 0.1) is 11.6 Å². The maximum absolute atomic E-state index is 14.3. The molecule has 0 saturated carbocycles. The van der Waals surface area contributed by atoms with Gasteiger partial charge < -0.3 is 16.4 Å². The summed E-state index contributed by atoms with van der Waals surface area (Å²) >= 11 is 0. The Labute approximate surface area is 196 Å². The predicted molar refractivity (Wildman–Crippen MR) is 128 cm³/mol. The lowest BCUT2D eigenvalue weighted by Gasteiger charge is -2.23. The number of nitrogen functional groups attached to an aromatic ring is 1. The van der Waals surface area contributed by atoms with Crippen molar-refractivity contribution in [2.45, 2.75) is 25.8 Å². The molecule has 0 saturated heterocycles. The van der Waals surface area contributed by atoms with Gasteiger partial charge in [0.05, 0.1) is 5.56 Å². The van der Waals surface area contributed by atoms with Crippen LogP contribution in [0.25, 0.3) is 11.4 Å². The van der Waals surface area contributed by atoms with E-state index in [0.717, 1.165) is 29.2 Å². The summed E-state index contributed by atoms with van der Waals surface area (Å²) in [7, 11) is 1.79. The van der Waals surface area contributed by atoms with Crippen LogP contribution in [0.4, 0.5) is 26.4 Å². The van der Waals surface area contributed by atoms with Crippen molar-refractivity contribution < 1.29 is 8.78 Å². The van der Waals surface area contributed by atoms with Gasteiger partial charge in [-0.1, -0.05) is 31.2 Å². The average Bonchev–Trinajstić information content (AvgIpc) is 2.83. The molecule has 34 heavy (non-hydrogen) atoms. The lowest BCUT2D eigenvalue weighted by atomic mass is 9.94. The number of halogens is 2. The second-order valence-corrected chi connectivity index (χ2v) is 8.06. The van der Waals surface area contributed by atoms with E-state index < -0.39 is 11.6 Å². The SMILES string of the molecule is C[C@@H](Cc1cccc(CN)c1)c1cnc(N)nc1N(C)c1ccnc(-c2ccc(F)cc2F)n1. The molecule has 0 amide bonds. The van der Waals surface area contributed by atoms with E-state index in [-0.39, 0.29) is 23.3 Å². The number of nitrogens with zero attached hydrogens (tertiary/aromatic N) is 5. The lowest BCUT2D eigenvalue weighted by molar-refractivity contribution is 0.585. The Bertz CT molecular complexity index is 1310. The molecule has 2 heterocycles. The fourth-order valence-corrected chi connectivity index (χ4v) is 3.80. The Hall–Kier alpha value is -3.98. The van der Waals surface area contributed by atoms with Crippen molar-refractivity contribution in [3.63, 3.8) is 0 Å². The van der Waals surface area contributed by atoms with Crippen LogP contribution in [0.1, 0.15) is 29.5 Å². The van der Waals surface area contributed by atoms with Crippen molar-refractivity contribution in [1.82, 2.24) is 19.9 Å². The zero-order valence-electron chi connectivity index (χ0n) is 18.9. The van der Waals surface area contributed by atoms with Gasteiger partial charge in [0.15, 0.2) is 5.82 Å². The van der Waals surface area contributed by atoms with Crippen LogP contribution >= 0.6 is 0 Å². The van der Waals surface area contributed by atoms with E-state index in [2.05, 4.69) is 39.0 Å². The van der Waals surface area contributed by atoms with Crippen LogP contribution in [0.3, 0.4) is 0 Å². The van der Waals surface area contributed by atoms with Crippen molar-refractivity contribution in [3.8, 4) is 11.4 Å². The zero-order chi connectivity index (χ0) is 24.2. The summed E-state index contributed by atoms with van der Waals surface area (Å²) in [6.07, 6.45) is 3.98. The summed E-state index contributed by atoms with van der Waals surface area (Å²) in [4.78, 5) is 19.1. The fourth-order valence-electron chi connectivity index (χ4n) is 3.80. The average molecular weight is 462 g/mol.